The van der Waals surface area contributed by atoms with Gasteiger partial charge in [-0.2, -0.15) is 4.31 Å². The fraction of sp³-hybridized carbons (Fsp3) is 0.667. The summed E-state index contributed by atoms with van der Waals surface area (Å²) in [5, 5.41) is 0.692. The van der Waals surface area contributed by atoms with Crippen molar-refractivity contribution in [2.45, 2.75) is 44.6 Å². The van der Waals surface area contributed by atoms with E-state index in [9.17, 15) is 8.42 Å². The van der Waals surface area contributed by atoms with Crippen molar-refractivity contribution in [2.24, 2.45) is 0 Å². The molecule has 0 aromatic carbocycles. The zero-order valence-corrected chi connectivity index (χ0v) is 14.7. The van der Waals surface area contributed by atoms with Crippen LogP contribution in [0.4, 0.5) is 0 Å². The van der Waals surface area contributed by atoms with Crippen molar-refractivity contribution in [3.8, 4) is 0 Å². The first-order valence-electron chi connectivity index (χ1n) is 7.58. The van der Waals surface area contributed by atoms with E-state index < -0.39 is 10.0 Å². The van der Waals surface area contributed by atoms with Gasteiger partial charge in [0.25, 0.3) is 0 Å². The van der Waals surface area contributed by atoms with Crippen molar-refractivity contribution in [1.29, 1.82) is 0 Å². The highest BCUT2D eigenvalue weighted by Crippen LogP contribution is 2.25. The van der Waals surface area contributed by atoms with E-state index in [0.717, 1.165) is 31.2 Å². The predicted molar refractivity (Wildman–Crippen MR) is 89.1 cm³/mol. The second-order valence-electron chi connectivity index (χ2n) is 5.51. The first-order chi connectivity index (χ1) is 10.1. The summed E-state index contributed by atoms with van der Waals surface area (Å²) in [7, 11) is -3.20. The van der Waals surface area contributed by atoms with Crippen LogP contribution in [0.3, 0.4) is 0 Å². The number of hydrogen-bond acceptors (Lipinski definition) is 3. The maximum atomic E-state index is 12.7. The van der Waals surface area contributed by atoms with E-state index in [0.29, 0.717) is 18.3 Å². The van der Waals surface area contributed by atoms with Crippen molar-refractivity contribution in [2.75, 3.05) is 17.6 Å². The van der Waals surface area contributed by atoms with Gasteiger partial charge < -0.3 is 0 Å². The molecule has 118 valence electrons. The smallest absolute Gasteiger partial charge is 0.214 e. The maximum Gasteiger partial charge on any atom is 0.214 e. The molecule has 1 fully saturated rings. The normalized spacial score (nSPS) is 17.2. The van der Waals surface area contributed by atoms with Crippen LogP contribution in [0.25, 0.3) is 0 Å². The quantitative estimate of drug-likeness (QED) is 0.689. The molecule has 1 aliphatic rings. The van der Waals surface area contributed by atoms with Gasteiger partial charge in [0.05, 0.1) is 5.75 Å². The fourth-order valence-electron chi connectivity index (χ4n) is 2.91. The number of alkyl halides is 1. The van der Waals surface area contributed by atoms with E-state index in [4.69, 9.17) is 0 Å². The number of rotatable bonds is 7. The molecule has 0 aliphatic heterocycles. The van der Waals surface area contributed by atoms with E-state index in [1.807, 2.05) is 12.1 Å². The van der Waals surface area contributed by atoms with Crippen molar-refractivity contribution in [3.63, 3.8) is 0 Å². The Morgan fingerprint density at radius 1 is 1.19 bits per heavy atom. The summed E-state index contributed by atoms with van der Waals surface area (Å²) in [5.74, 6) is 0.181. The lowest BCUT2D eigenvalue weighted by molar-refractivity contribution is 0.263. The zero-order chi connectivity index (χ0) is 15.1. The van der Waals surface area contributed by atoms with Gasteiger partial charge in [-0.3, -0.25) is 4.98 Å². The van der Waals surface area contributed by atoms with Gasteiger partial charge in [-0.15, -0.1) is 0 Å². The van der Waals surface area contributed by atoms with E-state index in [-0.39, 0.29) is 11.8 Å². The maximum absolute atomic E-state index is 12.7. The average molecular weight is 375 g/mol. The first-order valence-corrected chi connectivity index (χ1v) is 10.3. The van der Waals surface area contributed by atoms with Crippen LogP contribution in [0.2, 0.25) is 0 Å². The van der Waals surface area contributed by atoms with Gasteiger partial charge >= 0.3 is 0 Å². The van der Waals surface area contributed by atoms with Gasteiger partial charge in [0.2, 0.25) is 10.0 Å². The third-order valence-corrected chi connectivity index (χ3v) is 6.31. The van der Waals surface area contributed by atoms with Gasteiger partial charge in [-0.05, 0) is 37.0 Å². The molecule has 0 spiro atoms. The Morgan fingerprint density at radius 3 is 2.48 bits per heavy atom. The minimum Gasteiger partial charge on any atom is -0.265 e. The van der Waals surface area contributed by atoms with Crippen LogP contribution in [0.1, 0.15) is 37.7 Å². The summed E-state index contributed by atoms with van der Waals surface area (Å²) < 4.78 is 27.1. The van der Waals surface area contributed by atoms with Gasteiger partial charge in [0, 0.05) is 30.3 Å². The highest BCUT2D eigenvalue weighted by atomic mass is 79.9. The van der Waals surface area contributed by atoms with Crippen molar-refractivity contribution >= 4 is 26.0 Å². The van der Waals surface area contributed by atoms with Gasteiger partial charge in [-0.25, -0.2) is 8.42 Å². The second-order valence-corrected chi connectivity index (χ2v) is 8.35. The van der Waals surface area contributed by atoms with Crippen LogP contribution in [0, 0.1) is 0 Å². The fourth-order valence-corrected chi connectivity index (χ4v) is 5.29. The number of aromatic nitrogens is 1. The number of hydrogen-bond donors (Lipinski definition) is 0. The molecule has 1 aromatic rings. The van der Waals surface area contributed by atoms with E-state index in [2.05, 4.69) is 20.9 Å². The molecule has 4 nitrogen and oxygen atoms in total. The molecule has 6 heteroatoms. The third kappa shape index (κ3) is 5.04. The highest BCUT2D eigenvalue weighted by Gasteiger charge is 2.30. The summed E-state index contributed by atoms with van der Waals surface area (Å²) in [6.45, 7) is 0.573. The van der Waals surface area contributed by atoms with Crippen LogP contribution in [-0.4, -0.2) is 41.4 Å². The molecule has 0 radical (unpaired) electrons. The Bertz CT molecular complexity index is 516. The number of sulfonamides is 1. The summed E-state index contributed by atoms with van der Waals surface area (Å²) in [6.07, 6.45) is 9.49. The molecule has 0 saturated heterocycles. The molecular weight excluding hydrogens is 352 g/mol. The Hall–Kier alpha value is -0.460. The molecule has 2 rings (SSSR count). The van der Waals surface area contributed by atoms with Crippen molar-refractivity contribution < 1.29 is 8.42 Å². The minimum atomic E-state index is -3.20. The summed E-state index contributed by atoms with van der Waals surface area (Å²) >= 11 is 3.39. The number of halogens is 1. The van der Waals surface area contributed by atoms with E-state index in [1.165, 1.54) is 6.42 Å². The molecule has 1 saturated carbocycles. The zero-order valence-electron chi connectivity index (χ0n) is 12.2. The number of nitrogens with zero attached hydrogens (tertiary/aromatic N) is 2. The number of pyridine rings is 1. The lowest BCUT2D eigenvalue weighted by atomic mass is 9.95. The van der Waals surface area contributed by atoms with E-state index in [1.54, 1.807) is 16.7 Å². The molecule has 1 aliphatic carbocycles. The second kappa shape index (κ2) is 8.25. The molecule has 0 N–H and O–H groups in total. The molecule has 1 aromatic heterocycles. The summed E-state index contributed by atoms with van der Waals surface area (Å²) in [4.78, 5) is 3.96. The number of aryl methyl sites for hydroxylation is 1. The lowest BCUT2D eigenvalue weighted by Gasteiger charge is -2.33. The molecular formula is C15H23BrN2O2S. The van der Waals surface area contributed by atoms with Gasteiger partial charge in [0.15, 0.2) is 0 Å². The average Bonchev–Trinajstić information content (AvgIpc) is 2.52. The standard InChI is InChI=1S/C15H23BrN2O2S/c16-9-12-18(15-4-2-1-3-5-15)21(19,20)13-8-14-6-10-17-11-7-14/h6-7,10-11,15H,1-5,8-9,12-13H2. The Kier molecular flexibility index (Phi) is 6.64. The molecule has 1 heterocycles. The molecule has 0 atom stereocenters. The molecule has 21 heavy (non-hydrogen) atoms. The molecule has 0 bridgehead atoms. The summed E-state index contributed by atoms with van der Waals surface area (Å²) in [6, 6.07) is 3.95. The van der Waals surface area contributed by atoms with E-state index >= 15 is 0 Å². The SMILES string of the molecule is O=S(=O)(CCc1ccncc1)N(CCBr)C1CCCCC1. The third-order valence-electron chi connectivity index (χ3n) is 4.04. The predicted octanol–water partition coefficient (Wildman–Crippen LogP) is 2.98. The Labute approximate surface area is 136 Å². The Balaban J connectivity index is 2.02. The first kappa shape index (κ1) is 16.9. The van der Waals surface area contributed by atoms with Crippen molar-refractivity contribution in [1.82, 2.24) is 9.29 Å². The van der Waals surface area contributed by atoms with Crippen LogP contribution < -0.4 is 0 Å². The van der Waals surface area contributed by atoms with Crippen LogP contribution in [0.15, 0.2) is 24.5 Å². The minimum absolute atomic E-state index is 0.181. The van der Waals surface area contributed by atoms with Crippen LogP contribution >= 0.6 is 15.9 Å². The summed E-state index contributed by atoms with van der Waals surface area (Å²) in [5.41, 5.74) is 1.02. The monoisotopic (exact) mass is 374 g/mol. The largest absolute Gasteiger partial charge is 0.265 e. The molecule has 0 amide bonds. The van der Waals surface area contributed by atoms with Crippen LogP contribution in [0.5, 0.6) is 0 Å². The van der Waals surface area contributed by atoms with Gasteiger partial charge in [-0.1, -0.05) is 35.2 Å². The topological polar surface area (TPSA) is 50.3 Å². The van der Waals surface area contributed by atoms with Crippen LogP contribution in [-0.2, 0) is 16.4 Å². The Morgan fingerprint density at radius 2 is 1.86 bits per heavy atom. The van der Waals surface area contributed by atoms with Crippen molar-refractivity contribution in [3.05, 3.63) is 30.1 Å². The highest BCUT2D eigenvalue weighted by molar-refractivity contribution is 9.09. The van der Waals surface area contributed by atoms with Gasteiger partial charge in [0.1, 0.15) is 0 Å². The molecule has 0 unspecified atom stereocenters. The lowest BCUT2D eigenvalue weighted by Crippen LogP contribution is -2.43.